The van der Waals surface area contributed by atoms with Gasteiger partial charge in [0, 0.05) is 11.6 Å². The van der Waals surface area contributed by atoms with Crippen LogP contribution >= 0.6 is 0 Å². The second kappa shape index (κ2) is 6.39. The van der Waals surface area contributed by atoms with E-state index in [2.05, 4.69) is 0 Å². The lowest BCUT2D eigenvalue weighted by molar-refractivity contribution is -0.137. The minimum absolute atomic E-state index is 0.0886. The molecule has 0 N–H and O–H groups in total. The Bertz CT molecular complexity index is 1010. The molecule has 0 unspecified atom stereocenters. The van der Waals surface area contributed by atoms with Crippen LogP contribution in [0.2, 0.25) is 0 Å². The highest BCUT2D eigenvalue weighted by atomic mass is 19.4. The molecule has 0 amide bonds. The van der Waals surface area contributed by atoms with Crippen LogP contribution in [0.3, 0.4) is 0 Å². The van der Waals surface area contributed by atoms with Gasteiger partial charge in [-0.1, -0.05) is 12.1 Å². The van der Waals surface area contributed by atoms with Crippen molar-refractivity contribution in [2.45, 2.75) is 6.18 Å². The second-order valence-corrected chi connectivity index (χ2v) is 5.65. The number of rotatable bonds is 3. The van der Waals surface area contributed by atoms with Crippen LogP contribution in [0.5, 0.6) is 17.2 Å². The van der Waals surface area contributed by atoms with Crippen molar-refractivity contribution in [3.8, 4) is 28.6 Å². The molecular weight excluding hydrogens is 365 g/mol. The van der Waals surface area contributed by atoms with Crippen LogP contribution in [-0.2, 0) is 6.18 Å². The highest BCUT2D eigenvalue weighted by Gasteiger charge is 2.30. The van der Waals surface area contributed by atoms with Gasteiger partial charge in [0.05, 0.1) is 5.56 Å². The van der Waals surface area contributed by atoms with Crippen LogP contribution < -0.4 is 14.2 Å². The SMILES string of the molecule is O=C(Oc1ccc2c(c1)OCO2)c1ccc(-c2cccc(C(F)(F)F)c2)o1. The summed E-state index contributed by atoms with van der Waals surface area (Å²) in [5, 5.41) is 0. The number of hydrogen-bond donors (Lipinski definition) is 0. The van der Waals surface area contributed by atoms with E-state index < -0.39 is 17.7 Å². The Labute approximate surface area is 150 Å². The Kier molecular flexibility index (Phi) is 4.02. The highest BCUT2D eigenvalue weighted by Crippen LogP contribution is 2.36. The van der Waals surface area contributed by atoms with E-state index in [4.69, 9.17) is 18.6 Å². The van der Waals surface area contributed by atoms with Crippen LogP contribution in [-0.4, -0.2) is 12.8 Å². The standard InChI is InChI=1S/C19H11F3O5/c20-19(21,22)12-3-1-2-11(8-12)14-6-7-16(27-14)18(23)26-13-4-5-15-17(9-13)25-10-24-15/h1-9H,10H2. The van der Waals surface area contributed by atoms with Crippen molar-refractivity contribution in [3.05, 3.63) is 65.9 Å². The normalized spacial score (nSPS) is 12.9. The molecule has 0 radical (unpaired) electrons. The summed E-state index contributed by atoms with van der Waals surface area (Å²) in [6.07, 6.45) is -4.47. The molecule has 0 atom stereocenters. The predicted octanol–water partition coefficient (Wildman–Crippen LogP) is 4.91. The van der Waals surface area contributed by atoms with Gasteiger partial charge in [0.15, 0.2) is 11.5 Å². The van der Waals surface area contributed by atoms with Gasteiger partial charge >= 0.3 is 12.1 Å². The number of ether oxygens (including phenoxy) is 3. The van der Waals surface area contributed by atoms with Gasteiger partial charge in [0.25, 0.3) is 0 Å². The van der Waals surface area contributed by atoms with Gasteiger partial charge in [0.1, 0.15) is 11.5 Å². The first-order valence-electron chi connectivity index (χ1n) is 7.79. The maximum atomic E-state index is 12.8. The molecule has 4 rings (SSSR count). The highest BCUT2D eigenvalue weighted by molar-refractivity contribution is 5.89. The third-order valence-electron chi connectivity index (χ3n) is 3.84. The summed E-state index contributed by atoms with van der Waals surface area (Å²) in [7, 11) is 0. The van der Waals surface area contributed by atoms with Gasteiger partial charge in [-0.05, 0) is 36.4 Å². The average molecular weight is 376 g/mol. The first-order chi connectivity index (χ1) is 12.9. The molecule has 3 aromatic rings. The Balaban J connectivity index is 1.53. The molecule has 8 heteroatoms. The molecule has 2 heterocycles. The number of halogens is 3. The summed E-state index contributed by atoms with van der Waals surface area (Å²) in [5.41, 5.74) is -0.604. The minimum atomic E-state index is -4.47. The number of fused-ring (bicyclic) bond motifs is 1. The Morgan fingerprint density at radius 2 is 1.78 bits per heavy atom. The Hall–Kier alpha value is -3.42. The predicted molar refractivity (Wildman–Crippen MR) is 86.7 cm³/mol. The van der Waals surface area contributed by atoms with Crippen molar-refractivity contribution >= 4 is 5.97 Å². The summed E-state index contributed by atoms with van der Waals surface area (Å²) in [4.78, 5) is 12.2. The fourth-order valence-electron chi connectivity index (χ4n) is 2.55. The van der Waals surface area contributed by atoms with Crippen LogP contribution in [0.15, 0.2) is 59.0 Å². The van der Waals surface area contributed by atoms with E-state index in [0.717, 1.165) is 12.1 Å². The van der Waals surface area contributed by atoms with Gasteiger partial charge in [-0.3, -0.25) is 0 Å². The third kappa shape index (κ3) is 3.46. The minimum Gasteiger partial charge on any atom is -0.454 e. The van der Waals surface area contributed by atoms with Crippen molar-refractivity contribution in [2.24, 2.45) is 0 Å². The summed E-state index contributed by atoms with van der Waals surface area (Å²) in [6, 6.07) is 12.0. The first-order valence-corrected chi connectivity index (χ1v) is 7.79. The van der Waals surface area contributed by atoms with Gasteiger partial charge in [0.2, 0.25) is 12.6 Å². The van der Waals surface area contributed by atoms with Crippen LogP contribution in [0, 0.1) is 0 Å². The van der Waals surface area contributed by atoms with Crippen LogP contribution in [0.4, 0.5) is 13.2 Å². The monoisotopic (exact) mass is 376 g/mol. The fraction of sp³-hybridized carbons (Fsp3) is 0.105. The van der Waals surface area contributed by atoms with Crippen LogP contribution in [0.25, 0.3) is 11.3 Å². The zero-order chi connectivity index (χ0) is 19.0. The van der Waals surface area contributed by atoms with Crippen molar-refractivity contribution in [3.63, 3.8) is 0 Å². The number of carbonyl (C=O) groups is 1. The molecular formula is C19H11F3O5. The average Bonchev–Trinajstić information content (AvgIpc) is 3.30. The summed E-state index contributed by atoms with van der Waals surface area (Å²) < 4.78 is 59.4. The smallest absolute Gasteiger partial charge is 0.416 e. The summed E-state index contributed by atoms with van der Waals surface area (Å²) >= 11 is 0. The molecule has 1 aliphatic heterocycles. The van der Waals surface area contributed by atoms with E-state index in [1.54, 1.807) is 6.07 Å². The molecule has 0 aliphatic carbocycles. The van der Waals surface area contributed by atoms with Crippen molar-refractivity contribution in [1.29, 1.82) is 0 Å². The molecule has 138 valence electrons. The second-order valence-electron chi connectivity index (χ2n) is 5.65. The van der Waals surface area contributed by atoms with E-state index in [-0.39, 0.29) is 29.6 Å². The number of hydrogen-bond acceptors (Lipinski definition) is 5. The lowest BCUT2D eigenvalue weighted by atomic mass is 10.1. The lowest BCUT2D eigenvalue weighted by Crippen LogP contribution is -2.07. The Morgan fingerprint density at radius 1 is 0.963 bits per heavy atom. The number of alkyl halides is 3. The molecule has 0 spiro atoms. The molecule has 27 heavy (non-hydrogen) atoms. The molecule has 0 bridgehead atoms. The zero-order valence-electron chi connectivity index (χ0n) is 13.6. The molecule has 5 nitrogen and oxygen atoms in total. The van der Waals surface area contributed by atoms with E-state index in [1.807, 2.05) is 0 Å². The number of esters is 1. The van der Waals surface area contributed by atoms with E-state index >= 15 is 0 Å². The molecule has 0 fully saturated rings. The van der Waals surface area contributed by atoms with Crippen molar-refractivity contribution < 1.29 is 36.6 Å². The lowest BCUT2D eigenvalue weighted by Gasteiger charge is -2.07. The van der Waals surface area contributed by atoms with E-state index in [1.165, 1.54) is 36.4 Å². The maximum Gasteiger partial charge on any atom is 0.416 e. The van der Waals surface area contributed by atoms with Crippen molar-refractivity contribution in [2.75, 3.05) is 6.79 Å². The maximum absolute atomic E-state index is 12.8. The van der Waals surface area contributed by atoms with Crippen LogP contribution in [0.1, 0.15) is 16.1 Å². The van der Waals surface area contributed by atoms with Gasteiger partial charge in [-0.15, -0.1) is 0 Å². The third-order valence-corrected chi connectivity index (χ3v) is 3.84. The summed E-state index contributed by atoms with van der Waals surface area (Å²) in [6.45, 7) is 0.0886. The van der Waals surface area contributed by atoms with E-state index in [0.29, 0.717) is 11.5 Å². The number of furan rings is 1. The quantitative estimate of drug-likeness (QED) is 0.480. The zero-order valence-corrected chi connectivity index (χ0v) is 13.6. The van der Waals surface area contributed by atoms with Crippen molar-refractivity contribution in [1.82, 2.24) is 0 Å². The summed E-state index contributed by atoms with van der Waals surface area (Å²) in [5.74, 6) is 0.413. The number of carbonyl (C=O) groups excluding carboxylic acids is 1. The molecule has 1 aromatic heterocycles. The molecule has 2 aromatic carbocycles. The Morgan fingerprint density at radius 3 is 2.59 bits per heavy atom. The van der Waals surface area contributed by atoms with Gasteiger partial charge in [-0.25, -0.2) is 4.79 Å². The fourth-order valence-corrected chi connectivity index (χ4v) is 2.55. The van der Waals surface area contributed by atoms with Gasteiger partial charge in [-0.2, -0.15) is 13.2 Å². The topological polar surface area (TPSA) is 57.9 Å². The molecule has 0 saturated heterocycles. The number of benzene rings is 2. The molecule has 0 saturated carbocycles. The first kappa shape index (κ1) is 17.0. The van der Waals surface area contributed by atoms with E-state index in [9.17, 15) is 18.0 Å². The molecule has 1 aliphatic rings. The largest absolute Gasteiger partial charge is 0.454 e. The van der Waals surface area contributed by atoms with Gasteiger partial charge < -0.3 is 18.6 Å².